The molecule has 0 aliphatic carbocycles. The van der Waals surface area contributed by atoms with Crippen molar-refractivity contribution in [3.8, 4) is 0 Å². The van der Waals surface area contributed by atoms with Crippen molar-refractivity contribution in [1.82, 2.24) is 9.62 Å². The van der Waals surface area contributed by atoms with E-state index in [0.29, 0.717) is 18.7 Å². The fourth-order valence-corrected chi connectivity index (χ4v) is 3.14. The first-order valence-corrected chi connectivity index (χ1v) is 7.42. The van der Waals surface area contributed by atoms with Gasteiger partial charge in [0.2, 0.25) is 10.0 Å². The summed E-state index contributed by atoms with van der Waals surface area (Å²) in [4.78, 5) is 11.5. The molecule has 0 fully saturated rings. The van der Waals surface area contributed by atoms with Crippen LogP contribution in [0.5, 0.6) is 0 Å². The quantitative estimate of drug-likeness (QED) is 0.812. The molecule has 9 heteroatoms. The standard InChI is InChI=1S/C12H16F2N2O4S/c1-7(6-16(2)3)15-21(19,20)10-5-8(12(17)18)4-9(13)11(10)14/h4-5,7,15H,6H2,1-3H3,(H,17,18). The number of likely N-dealkylation sites (N-methyl/N-ethyl adjacent to an activating group) is 1. The van der Waals surface area contributed by atoms with Crippen LogP contribution in [0, 0.1) is 11.6 Å². The van der Waals surface area contributed by atoms with Gasteiger partial charge in [0, 0.05) is 12.6 Å². The molecule has 0 spiro atoms. The summed E-state index contributed by atoms with van der Waals surface area (Å²) in [7, 11) is -0.933. The molecule has 1 aromatic rings. The fourth-order valence-electron chi connectivity index (χ4n) is 1.80. The number of carboxylic acid groups (broad SMARTS) is 1. The molecule has 0 radical (unpaired) electrons. The highest BCUT2D eigenvalue weighted by molar-refractivity contribution is 7.89. The van der Waals surface area contributed by atoms with Crippen molar-refractivity contribution < 1.29 is 27.1 Å². The van der Waals surface area contributed by atoms with E-state index in [9.17, 15) is 22.0 Å². The molecule has 0 amide bonds. The van der Waals surface area contributed by atoms with Gasteiger partial charge >= 0.3 is 5.97 Å². The van der Waals surface area contributed by atoms with E-state index in [0.717, 1.165) is 0 Å². The first-order valence-electron chi connectivity index (χ1n) is 5.94. The normalized spacial score (nSPS) is 13.4. The zero-order valence-corrected chi connectivity index (χ0v) is 12.5. The lowest BCUT2D eigenvalue weighted by Gasteiger charge is -2.18. The minimum Gasteiger partial charge on any atom is -0.478 e. The Morgan fingerprint density at radius 1 is 1.38 bits per heavy atom. The molecule has 0 saturated heterocycles. The number of halogens is 2. The minimum atomic E-state index is -4.37. The molecule has 0 saturated carbocycles. The lowest BCUT2D eigenvalue weighted by molar-refractivity contribution is 0.0696. The third kappa shape index (κ3) is 4.45. The Morgan fingerprint density at radius 2 is 1.95 bits per heavy atom. The summed E-state index contributed by atoms with van der Waals surface area (Å²) >= 11 is 0. The maximum Gasteiger partial charge on any atom is 0.335 e. The van der Waals surface area contributed by atoms with E-state index in [4.69, 9.17) is 5.11 Å². The predicted molar refractivity (Wildman–Crippen MR) is 71.7 cm³/mol. The Hall–Kier alpha value is -1.58. The van der Waals surface area contributed by atoms with Gasteiger partial charge in [0.1, 0.15) is 4.90 Å². The van der Waals surface area contributed by atoms with E-state index >= 15 is 0 Å². The monoisotopic (exact) mass is 322 g/mol. The van der Waals surface area contributed by atoms with Gasteiger partial charge in [-0.1, -0.05) is 0 Å². The first-order chi connectivity index (χ1) is 9.54. The Labute approximate surface area is 121 Å². The van der Waals surface area contributed by atoms with Crippen LogP contribution in [0.15, 0.2) is 17.0 Å². The molecule has 0 aliphatic rings. The number of nitrogens with one attached hydrogen (secondary N) is 1. The molecule has 1 atom stereocenters. The predicted octanol–water partition coefficient (Wildman–Crippen LogP) is 0.891. The van der Waals surface area contributed by atoms with Gasteiger partial charge in [-0.05, 0) is 33.2 Å². The Kier molecular flexibility index (Phi) is 5.37. The summed E-state index contributed by atoms with van der Waals surface area (Å²) in [5.41, 5.74) is -0.644. The second kappa shape index (κ2) is 6.46. The van der Waals surface area contributed by atoms with Crippen LogP contribution in [0.25, 0.3) is 0 Å². The lowest BCUT2D eigenvalue weighted by Crippen LogP contribution is -2.39. The Morgan fingerprint density at radius 3 is 2.43 bits per heavy atom. The van der Waals surface area contributed by atoms with E-state index in [2.05, 4.69) is 4.72 Å². The maximum atomic E-state index is 13.7. The van der Waals surface area contributed by atoms with Gasteiger partial charge in [-0.15, -0.1) is 0 Å². The summed E-state index contributed by atoms with van der Waals surface area (Å²) < 4.78 is 53.2. The third-order valence-corrected chi connectivity index (χ3v) is 4.12. The van der Waals surface area contributed by atoms with E-state index < -0.39 is 44.1 Å². The molecule has 21 heavy (non-hydrogen) atoms. The third-order valence-electron chi connectivity index (χ3n) is 2.53. The van der Waals surface area contributed by atoms with E-state index in [1.54, 1.807) is 25.9 Å². The summed E-state index contributed by atoms with van der Waals surface area (Å²) in [6.45, 7) is 1.88. The zero-order chi connectivity index (χ0) is 16.4. The number of carboxylic acids is 1. The summed E-state index contributed by atoms with van der Waals surface area (Å²) in [6, 6.07) is 0.451. The van der Waals surface area contributed by atoms with Gasteiger partial charge in [0.05, 0.1) is 5.56 Å². The average Bonchev–Trinajstić information content (AvgIpc) is 2.29. The molecule has 1 unspecified atom stereocenters. The number of benzene rings is 1. The van der Waals surface area contributed by atoms with Crippen molar-refractivity contribution in [3.05, 3.63) is 29.3 Å². The summed E-state index contributed by atoms with van der Waals surface area (Å²) in [5.74, 6) is -4.69. The average molecular weight is 322 g/mol. The van der Waals surface area contributed by atoms with Crippen molar-refractivity contribution in [2.75, 3.05) is 20.6 Å². The van der Waals surface area contributed by atoms with Crippen LogP contribution in [-0.2, 0) is 10.0 Å². The molecule has 1 rings (SSSR count). The highest BCUT2D eigenvalue weighted by Crippen LogP contribution is 2.20. The summed E-state index contributed by atoms with van der Waals surface area (Å²) in [6.07, 6.45) is 0. The second-order valence-electron chi connectivity index (χ2n) is 4.86. The van der Waals surface area contributed by atoms with E-state index in [1.165, 1.54) is 0 Å². The van der Waals surface area contributed by atoms with Crippen molar-refractivity contribution in [2.45, 2.75) is 17.9 Å². The van der Waals surface area contributed by atoms with Gasteiger partial charge in [-0.25, -0.2) is 26.7 Å². The van der Waals surface area contributed by atoms with Gasteiger partial charge in [0.25, 0.3) is 0 Å². The van der Waals surface area contributed by atoms with E-state index in [1.807, 2.05) is 0 Å². The number of carbonyl (C=O) groups is 1. The molecular weight excluding hydrogens is 306 g/mol. The highest BCUT2D eigenvalue weighted by atomic mass is 32.2. The molecule has 1 aromatic carbocycles. The fraction of sp³-hybridized carbons (Fsp3) is 0.417. The number of sulfonamides is 1. The van der Waals surface area contributed by atoms with Crippen molar-refractivity contribution in [1.29, 1.82) is 0 Å². The molecule has 0 heterocycles. The topological polar surface area (TPSA) is 86.7 Å². The second-order valence-corrected chi connectivity index (χ2v) is 6.54. The van der Waals surface area contributed by atoms with Crippen molar-refractivity contribution >= 4 is 16.0 Å². The Bertz CT molecular complexity index is 647. The van der Waals surface area contributed by atoms with Crippen LogP contribution in [0.3, 0.4) is 0 Å². The Balaban J connectivity index is 3.22. The van der Waals surface area contributed by atoms with Crippen molar-refractivity contribution in [3.63, 3.8) is 0 Å². The van der Waals surface area contributed by atoms with Crippen LogP contribution in [0.4, 0.5) is 8.78 Å². The number of hydrogen-bond acceptors (Lipinski definition) is 4. The summed E-state index contributed by atoms with van der Waals surface area (Å²) in [5, 5.41) is 8.78. The minimum absolute atomic E-state index is 0.335. The number of nitrogens with zero attached hydrogens (tertiary/aromatic N) is 1. The van der Waals surface area contributed by atoms with Gasteiger partial charge in [0.15, 0.2) is 11.6 Å². The van der Waals surface area contributed by atoms with Gasteiger partial charge in [-0.3, -0.25) is 0 Å². The lowest BCUT2D eigenvalue weighted by atomic mass is 10.2. The SMILES string of the molecule is CC(CN(C)C)NS(=O)(=O)c1cc(C(=O)O)cc(F)c1F. The first kappa shape index (κ1) is 17.5. The highest BCUT2D eigenvalue weighted by Gasteiger charge is 2.26. The maximum absolute atomic E-state index is 13.7. The molecule has 118 valence electrons. The smallest absolute Gasteiger partial charge is 0.335 e. The largest absolute Gasteiger partial charge is 0.478 e. The molecular formula is C12H16F2N2O4S. The molecule has 0 aliphatic heterocycles. The molecule has 2 N–H and O–H groups in total. The zero-order valence-electron chi connectivity index (χ0n) is 11.7. The van der Waals surface area contributed by atoms with Crippen LogP contribution in [-0.4, -0.2) is 51.1 Å². The van der Waals surface area contributed by atoms with Crippen molar-refractivity contribution in [2.24, 2.45) is 0 Å². The van der Waals surface area contributed by atoms with E-state index in [-0.39, 0.29) is 0 Å². The van der Waals surface area contributed by atoms with Gasteiger partial charge < -0.3 is 10.0 Å². The number of hydrogen-bond donors (Lipinski definition) is 2. The van der Waals surface area contributed by atoms with Gasteiger partial charge in [-0.2, -0.15) is 0 Å². The molecule has 0 aromatic heterocycles. The van der Waals surface area contributed by atoms with Crippen LogP contribution >= 0.6 is 0 Å². The number of aromatic carboxylic acids is 1. The molecule has 0 bridgehead atoms. The number of rotatable bonds is 6. The van der Waals surface area contributed by atoms with Crippen LogP contribution in [0.2, 0.25) is 0 Å². The van der Waals surface area contributed by atoms with Crippen LogP contribution in [0.1, 0.15) is 17.3 Å². The van der Waals surface area contributed by atoms with Crippen LogP contribution < -0.4 is 4.72 Å². The molecule has 6 nitrogen and oxygen atoms in total.